The van der Waals surface area contributed by atoms with Gasteiger partial charge in [0.1, 0.15) is 0 Å². The smallest absolute Gasteiger partial charge is 0.305 e. The average Bonchev–Trinajstić information content (AvgIpc) is 2.79. The Morgan fingerprint density at radius 2 is 2.05 bits per heavy atom. The number of amides is 1. The van der Waals surface area contributed by atoms with Crippen molar-refractivity contribution in [1.29, 1.82) is 0 Å². The van der Waals surface area contributed by atoms with Gasteiger partial charge in [0, 0.05) is 4.70 Å². The molecule has 4 nitrogen and oxygen atoms in total. The summed E-state index contributed by atoms with van der Waals surface area (Å²) in [6, 6.07) is 9.70. The predicted octanol–water partition coefficient (Wildman–Crippen LogP) is 3.03. The first-order valence-corrected chi connectivity index (χ1v) is 7.43. The Bertz CT molecular complexity index is 640. The van der Waals surface area contributed by atoms with E-state index in [0.29, 0.717) is 4.88 Å². The Kier molecular flexibility index (Phi) is 3.22. The minimum absolute atomic E-state index is 0.00361. The minimum Gasteiger partial charge on any atom is -0.481 e. The summed E-state index contributed by atoms with van der Waals surface area (Å²) in [6.07, 6.45) is 2.47. The number of fused-ring (bicyclic) bond motifs is 1. The Morgan fingerprint density at radius 1 is 1.30 bits per heavy atom. The maximum absolute atomic E-state index is 12.3. The Balaban J connectivity index is 1.80. The van der Waals surface area contributed by atoms with Gasteiger partial charge in [-0.05, 0) is 36.8 Å². The van der Waals surface area contributed by atoms with Crippen LogP contribution >= 0.6 is 11.3 Å². The highest BCUT2D eigenvalue weighted by atomic mass is 32.1. The van der Waals surface area contributed by atoms with E-state index in [1.165, 1.54) is 11.3 Å². The van der Waals surface area contributed by atoms with Gasteiger partial charge >= 0.3 is 5.97 Å². The Morgan fingerprint density at radius 3 is 2.65 bits per heavy atom. The lowest BCUT2D eigenvalue weighted by Gasteiger charge is -2.41. The molecule has 1 amide bonds. The lowest BCUT2D eigenvalue weighted by molar-refractivity contribution is -0.139. The third-order valence-electron chi connectivity index (χ3n) is 3.83. The van der Waals surface area contributed by atoms with Crippen LogP contribution in [0.2, 0.25) is 0 Å². The molecule has 1 aliphatic carbocycles. The second-order valence-electron chi connectivity index (χ2n) is 5.31. The lowest BCUT2D eigenvalue weighted by atomic mass is 9.74. The van der Waals surface area contributed by atoms with E-state index in [-0.39, 0.29) is 12.3 Å². The molecule has 0 unspecified atom stereocenters. The quantitative estimate of drug-likeness (QED) is 0.909. The second kappa shape index (κ2) is 4.90. The normalized spacial score (nSPS) is 16.6. The topological polar surface area (TPSA) is 66.4 Å². The molecule has 0 spiro atoms. The van der Waals surface area contributed by atoms with Crippen molar-refractivity contribution in [2.24, 2.45) is 0 Å². The predicted molar refractivity (Wildman–Crippen MR) is 78.1 cm³/mol. The zero-order valence-corrected chi connectivity index (χ0v) is 11.7. The van der Waals surface area contributed by atoms with Crippen molar-refractivity contribution < 1.29 is 14.7 Å². The molecular weight excluding hydrogens is 274 g/mol. The number of hydrogen-bond acceptors (Lipinski definition) is 3. The molecule has 1 aliphatic rings. The van der Waals surface area contributed by atoms with Crippen LogP contribution in [0.4, 0.5) is 0 Å². The number of nitrogens with one attached hydrogen (secondary N) is 1. The van der Waals surface area contributed by atoms with Crippen molar-refractivity contribution in [2.45, 2.75) is 31.2 Å². The van der Waals surface area contributed by atoms with Crippen LogP contribution in [0.15, 0.2) is 30.3 Å². The summed E-state index contributed by atoms with van der Waals surface area (Å²) < 4.78 is 1.07. The van der Waals surface area contributed by atoms with Gasteiger partial charge in [0.05, 0.1) is 16.8 Å². The van der Waals surface area contributed by atoms with Crippen LogP contribution < -0.4 is 5.32 Å². The molecule has 0 bridgehead atoms. The van der Waals surface area contributed by atoms with E-state index in [0.717, 1.165) is 29.3 Å². The van der Waals surface area contributed by atoms with E-state index >= 15 is 0 Å². The minimum atomic E-state index is -0.860. The molecule has 20 heavy (non-hydrogen) atoms. The third-order valence-corrected chi connectivity index (χ3v) is 4.94. The second-order valence-corrected chi connectivity index (χ2v) is 6.39. The van der Waals surface area contributed by atoms with Gasteiger partial charge in [0.2, 0.25) is 0 Å². The average molecular weight is 289 g/mol. The number of hydrogen-bond donors (Lipinski definition) is 2. The number of rotatable bonds is 4. The summed E-state index contributed by atoms with van der Waals surface area (Å²) in [5, 5.41) is 12.9. The van der Waals surface area contributed by atoms with Crippen LogP contribution in [-0.4, -0.2) is 22.5 Å². The summed E-state index contributed by atoms with van der Waals surface area (Å²) in [6.45, 7) is 0. The maximum atomic E-state index is 12.3. The number of carboxylic acid groups (broad SMARTS) is 1. The molecule has 104 valence electrons. The van der Waals surface area contributed by atoms with Crippen LogP contribution in [0.1, 0.15) is 35.4 Å². The number of thiophene rings is 1. The molecule has 5 heteroatoms. The van der Waals surface area contributed by atoms with Crippen LogP contribution in [0.3, 0.4) is 0 Å². The SMILES string of the molecule is O=C(O)CC1(NC(=O)c2cc3ccccc3s2)CCC1. The summed E-state index contributed by atoms with van der Waals surface area (Å²) in [4.78, 5) is 23.9. The van der Waals surface area contributed by atoms with Crippen molar-refractivity contribution in [3.63, 3.8) is 0 Å². The number of carbonyl (C=O) groups excluding carboxylic acids is 1. The van der Waals surface area contributed by atoms with Crippen LogP contribution in [0, 0.1) is 0 Å². The first-order valence-electron chi connectivity index (χ1n) is 6.61. The zero-order valence-electron chi connectivity index (χ0n) is 10.9. The van der Waals surface area contributed by atoms with E-state index in [1.54, 1.807) is 0 Å². The molecular formula is C15H15NO3S. The molecule has 2 N–H and O–H groups in total. The highest BCUT2D eigenvalue weighted by Crippen LogP contribution is 2.36. The number of carbonyl (C=O) groups is 2. The van der Waals surface area contributed by atoms with Crippen molar-refractivity contribution in [3.05, 3.63) is 35.2 Å². The summed E-state index contributed by atoms with van der Waals surface area (Å²) in [5.41, 5.74) is -0.543. The van der Waals surface area contributed by atoms with E-state index in [1.807, 2.05) is 30.3 Å². The van der Waals surface area contributed by atoms with E-state index in [2.05, 4.69) is 5.32 Å². The van der Waals surface area contributed by atoms with Crippen LogP contribution in [0.5, 0.6) is 0 Å². The Labute approximate surface area is 120 Å². The standard InChI is InChI=1S/C15H15NO3S/c17-13(18)9-15(6-3-7-15)16-14(19)12-8-10-4-1-2-5-11(10)20-12/h1-2,4-5,8H,3,6-7,9H2,(H,16,19)(H,17,18). The molecule has 1 fully saturated rings. The van der Waals surface area contributed by atoms with Gasteiger partial charge < -0.3 is 10.4 Å². The molecule has 1 saturated carbocycles. The number of aliphatic carboxylic acids is 1. The fourth-order valence-corrected chi connectivity index (χ4v) is 3.59. The fourth-order valence-electron chi connectivity index (χ4n) is 2.64. The summed E-state index contributed by atoms with van der Waals surface area (Å²) in [7, 11) is 0. The van der Waals surface area contributed by atoms with Gasteiger partial charge in [-0.2, -0.15) is 0 Å². The molecule has 0 saturated heterocycles. The lowest BCUT2D eigenvalue weighted by Crippen LogP contribution is -2.54. The van der Waals surface area contributed by atoms with Crippen molar-refractivity contribution >= 4 is 33.3 Å². The maximum Gasteiger partial charge on any atom is 0.305 e. The monoisotopic (exact) mass is 289 g/mol. The van der Waals surface area contributed by atoms with Crippen LogP contribution in [-0.2, 0) is 4.79 Å². The summed E-state index contributed by atoms with van der Waals surface area (Å²) in [5.74, 6) is -1.02. The van der Waals surface area contributed by atoms with E-state index in [4.69, 9.17) is 5.11 Å². The first kappa shape index (κ1) is 13.1. The molecule has 3 rings (SSSR count). The molecule has 1 aromatic heterocycles. The van der Waals surface area contributed by atoms with Gasteiger partial charge in [-0.3, -0.25) is 9.59 Å². The van der Waals surface area contributed by atoms with Gasteiger partial charge in [-0.1, -0.05) is 18.2 Å². The van der Waals surface area contributed by atoms with Crippen molar-refractivity contribution in [3.8, 4) is 0 Å². The third kappa shape index (κ3) is 2.41. The molecule has 0 atom stereocenters. The van der Waals surface area contributed by atoms with Crippen molar-refractivity contribution in [1.82, 2.24) is 5.32 Å². The highest BCUT2D eigenvalue weighted by molar-refractivity contribution is 7.20. The van der Waals surface area contributed by atoms with E-state index in [9.17, 15) is 9.59 Å². The summed E-state index contributed by atoms with van der Waals surface area (Å²) >= 11 is 1.44. The highest BCUT2D eigenvalue weighted by Gasteiger charge is 2.40. The molecule has 1 aromatic carbocycles. The molecule has 1 heterocycles. The van der Waals surface area contributed by atoms with Gasteiger partial charge in [-0.15, -0.1) is 11.3 Å². The molecule has 0 radical (unpaired) electrons. The van der Waals surface area contributed by atoms with Gasteiger partial charge in [0.25, 0.3) is 5.91 Å². The number of carboxylic acids is 1. The molecule has 0 aliphatic heterocycles. The first-order chi connectivity index (χ1) is 9.58. The molecule has 2 aromatic rings. The fraction of sp³-hybridized carbons (Fsp3) is 0.333. The zero-order chi connectivity index (χ0) is 14.2. The van der Waals surface area contributed by atoms with Gasteiger partial charge in [0.15, 0.2) is 0 Å². The van der Waals surface area contributed by atoms with E-state index < -0.39 is 11.5 Å². The number of benzene rings is 1. The van der Waals surface area contributed by atoms with Crippen LogP contribution in [0.25, 0.3) is 10.1 Å². The van der Waals surface area contributed by atoms with Gasteiger partial charge in [-0.25, -0.2) is 0 Å². The largest absolute Gasteiger partial charge is 0.481 e. The Hall–Kier alpha value is -1.88. The van der Waals surface area contributed by atoms with Crippen molar-refractivity contribution in [2.75, 3.05) is 0 Å².